The number of cyclic esters (lactones) is 1. The molecule has 0 radical (unpaired) electrons. The van der Waals surface area contributed by atoms with Crippen LogP contribution < -0.4 is 0 Å². The van der Waals surface area contributed by atoms with E-state index in [4.69, 9.17) is 16.3 Å². The quantitative estimate of drug-likeness (QED) is 0.460. The van der Waals surface area contributed by atoms with Crippen molar-refractivity contribution in [3.8, 4) is 0 Å². The van der Waals surface area contributed by atoms with Gasteiger partial charge in [-0.15, -0.1) is 0 Å². The lowest BCUT2D eigenvalue weighted by molar-refractivity contribution is -0.143. The van der Waals surface area contributed by atoms with Crippen LogP contribution in [0.15, 0.2) is 24.3 Å². The number of ether oxygens (including phenoxy) is 1. The van der Waals surface area contributed by atoms with Crippen LogP contribution in [0.2, 0.25) is 5.02 Å². The van der Waals surface area contributed by atoms with E-state index in [2.05, 4.69) is 0 Å². The number of Topliss-reactive ketones (excluding diaryl/α,β-unsaturated/α-hetero) is 1. The van der Waals surface area contributed by atoms with Crippen LogP contribution in [-0.2, 0) is 9.53 Å². The third-order valence-electron chi connectivity index (χ3n) is 3.92. The standard InChI is InChI=1S/C13H11ClO3/c1-12-6-13(12,11(16)17-7-12)10(15)8-2-4-9(14)5-3-8/h2-5H,6-7H2,1H3/t12-,13-/m1/s1. The lowest BCUT2D eigenvalue weighted by Crippen LogP contribution is -2.26. The highest BCUT2D eigenvalue weighted by Crippen LogP contribution is 2.69. The number of halogens is 1. The third kappa shape index (κ3) is 1.23. The molecule has 1 saturated carbocycles. The summed E-state index contributed by atoms with van der Waals surface area (Å²) in [5, 5.41) is 0.576. The number of benzene rings is 1. The zero-order valence-electron chi connectivity index (χ0n) is 9.33. The molecule has 1 saturated heterocycles. The van der Waals surface area contributed by atoms with E-state index in [1.54, 1.807) is 24.3 Å². The molecule has 0 spiro atoms. The Balaban J connectivity index is 1.99. The van der Waals surface area contributed by atoms with Crippen LogP contribution in [0, 0.1) is 10.8 Å². The second kappa shape index (κ2) is 3.10. The summed E-state index contributed by atoms with van der Waals surface area (Å²) in [4.78, 5) is 24.1. The van der Waals surface area contributed by atoms with E-state index in [9.17, 15) is 9.59 Å². The van der Waals surface area contributed by atoms with Crippen molar-refractivity contribution >= 4 is 23.4 Å². The zero-order valence-corrected chi connectivity index (χ0v) is 10.1. The second-order valence-electron chi connectivity index (χ2n) is 5.05. The Morgan fingerprint density at radius 3 is 2.47 bits per heavy atom. The summed E-state index contributed by atoms with van der Waals surface area (Å²) in [7, 11) is 0. The summed E-state index contributed by atoms with van der Waals surface area (Å²) < 4.78 is 5.00. The largest absolute Gasteiger partial charge is 0.464 e. The van der Waals surface area contributed by atoms with Gasteiger partial charge in [-0.2, -0.15) is 0 Å². The number of ketones is 1. The molecule has 0 aromatic heterocycles. The van der Waals surface area contributed by atoms with Crippen LogP contribution in [0.25, 0.3) is 0 Å². The van der Waals surface area contributed by atoms with Crippen molar-refractivity contribution in [1.29, 1.82) is 0 Å². The average molecular weight is 251 g/mol. The molecule has 0 N–H and O–H groups in total. The maximum Gasteiger partial charge on any atom is 0.320 e. The number of hydrogen-bond donors (Lipinski definition) is 0. The number of carbonyl (C=O) groups excluding carboxylic acids is 2. The van der Waals surface area contributed by atoms with Crippen LogP contribution in [0.5, 0.6) is 0 Å². The molecule has 1 aromatic rings. The summed E-state index contributed by atoms with van der Waals surface area (Å²) in [5.74, 6) is -0.515. The van der Waals surface area contributed by atoms with Crippen LogP contribution in [0.3, 0.4) is 0 Å². The highest BCUT2D eigenvalue weighted by molar-refractivity contribution is 6.30. The Morgan fingerprint density at radius 2 is 2.00 bits per heavy atom. The first-order chi connectivity index (χ1) is 7.99. The first-order valence-corrected chi connectivity index (χ1v) is 5.85. The minimum Gasteiger partial charge on any atom is -0.464 e. The monoisotopic (exact) mass is 250 g/mol. The first-order valence-electron chi connectivity index (χ1n) is 5.47. The molecule has 3 nitrogen and oxygen atoms in total. The SMILES string of the molecule is C[C@@]12COC(=O)[C@]1(C(=O)c1ccc(Cl)cc1)C2. The van der Waals surface area contributed by atoms with Gasteiger partial charge in [0.1, 0.15) is 5.41 Å². The van der Waals surface area contributed by atoms with Crippen molar-refractivity contribution in [2.45, 2.75) is 13.3 Å². The second-order valence-corrected chi connectivity index (χ2v) is 5.49. The topological polar surface area (TPSA) is 43.4 Å². The molecule has 17 heavy (non-hydrogen) atoms. The average Bonchev–Trinajstić information content (AvgIpc) is 2.87. The molecule has 2 fully saturated rings. The molecule has 0 unspecified atom stereocenters. The van der Waals surface area contributed by atoms with Gasteiger partial charge < -0.3 is 4.74 Å². The number of fused-ring (bicyclic) bond motifs is 1. The van der Waals surface area contributed by atoms with Gasteiger partial charge in [0, 0.05) is 16.0 Å². The summed E-state index contributed by atoms with van der Waals surface area (Å²) >= 11 is 5.77. The van der Waals surface area contributed by atoms with Crippen LogP contribution in [0.4, 0.5) is 0 Å². The Hall–Kier alpha value is -1.35. The van der Waals surface area contributed by atoms with Gasteiger partial charge >= 0.3 is 5.97 Å². The van der Waals surface area contributed by atoms with Gasteiger partial charge in [-0.1, -0.05) is 18.5 Å². The minimum absolute atomic E-state index is 0.140. The van der Waals surface area contributed by atoms with Crippen molar-refractivity contribution in [2.75, 3.05) is 6.61 Å². The van der Waals surface area contributed by atoms with Crippen molar-refractivity contribution < 1.29 is 14.3 Å². The van der Waals surface area contributed by atoms with Crippen LogP contribution >= 0.6 is 11.6 Å². The minimum atomic E-state index is -0.930. The molecule has 0 bridgehead atoms. The van der Waals surface area contributed by atoms with Gasteiger partial charge in [-0.25, -0.2) is 0 Å². The van der Waals surface area contributed by atoms with Gasteiger partial charge in [-0.05, 0) is 30.7 Å². The highest BCUT2D eigenvalue weighted by Gasteiger charge is 2.78. The molecule has 2 aliphatic rings. The van der Waals surface area contributed by atoms with Gasteiger partial charge in [0.15, 0.2) is 5.78 Å². The molecule has 88 valence electrons. The van der Waals surface area contributed by atoms with Crippen molar-refractivity contribution in [1.82, 2.24) is 0 Å². The Morgan fingerprint density at radius 1 is 1.35 bits per heavy atom. The molecule has 2 atom stereocenters. The molecule has 1 aromatic carbocycles. The fourth-order valence-electron chi connectivity index (χ4n) is 2.68. The molecule has 1 aliphatic heterocycles. The van der Waals surface area contributed by atoms with Crippen LogP contribution in [-0.4, -0.2) is 18.4 Å². The zero-order chi connectivity index (χ0) is 12.3. The fourth-order valence-corrected chi connectivity index (χ4v) is 2.80. The van der Waals surface area contributed by atoms with Crippen molar-refractivity contribution in [2.24, 2.45) is 10.8 Å². The lowest BCUT2D eigenvalue weighted by atomic mass is 9.89. The Bertz CT molecular complexity index is 522. The van der Waals surface area contributed by atoms with E-state index in [0.717, 1.165) is 0 Å². The number of esters is 1. The van der Waals surface area contributed by atoms with Crippen LogP contribution in [0.1, 0.15) is 23.7 Å². The maximum atomic E-state index is 12.4. The number of hydrogen-bond acceptors (Lipinski definition) is 3. The molecule has 3 rings (SSSR count). The fraction of sp³-hybridized carbons (Fsp3) is 0.385. The van der Waals surface area contributed by atoms with Gasteiger partial charge in [0.25, 0.3) is 0 Å². The van der Waals surface area contributed by atoms with Crippen molar-refractivity contribution in [3.63, 3.8) is 0 Å². The molecule has 0 amide bonds. The van der Waals surface area contributed by atoms with E-state index in [0.29, 0.717) is 23.6 Å². The Kier molecular flexibility index (Phi) is 1.97. The summed E-state index contributed by atoms with van der Waals surface area (Å²) in [6, 6.07) is 6.63. The van der Waals surface area contributed by atoms with E-state index in [1.807, 2.05) is 6.92 Å². The van der Waals surface area contributed by atoms with Gasteiger partial charge in [0.2, 0.25) is 0 Å². The molecular weight excluding hydrogens is 240 g/mol. The summed E-state index contributed by atoms with van der Waals surface area (Å²) in [5.41, 5.74) is -0.710. The number of carbonyl (C=O) groups is 2. The highest BCUT2D eigenvalue weighted by atomic mass is 35.5. The van der Waals surface area contributed by atoms with E-state index in [-0.39, 0.29) is 17.2 Å². The smallest absolute Gasteiger partial charge is 0.320 e. The van der Waals surface area contributed by atoms with E-state index in [1.165, 1.54) is 0 Å². The third-order valence-corrected chi connectivity index (χ3v) is 4.18. The predicted octanol–water partition coefficient (Wildman–Crippen LogP) is 2.48. The molecular formula is C13H11ClO3. The molecule has 4 heteroatoms. The Labute approximate surface area is 104 Å². The predicted molar refractivity (Wildman–Crippen MR) is 61.9 cm³/mol. The van der Waals surface area contributed by atoms with Gasteiger partial charge in [-0.3, -0.25) is 9.59 Å². The first kappa shape index (κ1) is 10.8. The van der Waals surface area contributed by atoms with E-state index < -0.39 is 5.41 Å². The lowest BCUT2D eigenvalue weighted by Gasteiger charge is -2.09. The van der Waals surface area contributed by atoms with Crippen molar-refractivity contribution in [3.05, 3.63) is 34.9 Å². The molecule has 1 aliphatic carbocycles. The summed E-state index contributed by atoms with van der Waals surface area (Å²) in [6.45, 7) is 2.27. The van der Waals surface area contributed by atoms with Gasteiger partial charge in [0.05, 0.1) is 6.61 Å². The molecule has 1 heterocycles. The maximum absolute atomic E-state index is 12.4. The number of rotatable bonds is 2. The normalized spacial score (nSPS) is 34.1. The van der Waals surface area contributed by atoms with E-state index >= 15 is 0 Å². The summed E-state index contributed by atoms with van der Waals surface area (Å²) in [6.07, 6.45) is 0.598.